The second-order valence-corrected chi connectivity index (χ2v) is 6.59. The largest absolute Gasteiger partial charge is 0.329 e. The van der Waals surface area contributed by atoms with E-state index in [0.29, 0.717) is 11.6 Å². The third kappa shape index (κ3) is 3.46. The van der Waals surface area contributed by atoms with Gasteiger partial charge in [0.25, 0.3) is 0 Å². The minimum Gasteiger partial charge on any atom is -0.329 e. The Morgan fingerprint density at radius 1 is 1.28 bits per heavy atom. The zero-order valence-electron chi connectivity index (χ0n) is 11.3. The lowest BCUT2D eigenvalue weighted by Crippen LogP contribution is -2.31. The summed E-state index contributed by atoms with van der Waals surface area (Å²) in [7, 11) is -1.73. The van der Waals surface area contributed by atoms with Gasteiger partial charge in [-0.2, -0.15) is 0 Å². The van der Waals surface area contributed by atoms with Gasteiger partial charge in [0, 0.05) is 13.6 Å². The molecule has 1 aromatic rings. The third-order valence-electron chi connectivity index (χ3n) is 3.23. The molecule has 0 saturated heterocycles. The molecule has 0 aliphatic carbocycles. The van der Waals surface area contributed by atoms with E-state index in [1.165, 1.54) is 9.87 Å². The minimum absolute atomic E-state index is 0.0311. The second kappa shape index (κ2) is 6.20. The number of nitrogens with zero attached hydrogens (tertiary/aromatic N) is 1. The van der Waals surface area contributed by atoms with E-state index in [1.807, 2.05) is 24.3 Å². The molecule has 4 nitrogen and oxygen atoms in total. The molecule has 0 bridgehead atoms. The molecule has 1 rings (SSSR count). The van der Waals surface area contributed by atoms with Crippen molar-refractivity contribution in [2.75, 3.05) is 23.7 Å². The topological polar surface area (TPSA) is 63.4 Å². The first-order valence-electron chi connectivity index (χ1n) is 6.19. The molecule has 1 aromatic carbocycles. The normalized spacial score (nSPS) is 13.3. The highest BCUT2D eigenvalue weighted by atomic mass is 32.2. The zero-order chi connectivity index (χ0) is 13.8. The predicted molar refractivity (Wildman–Crippen MR) is 76.4 cm³/mol. The van der Waals surface area contributed by atoms with E-state index < -0.39 is 10.0 Å². The van der Waals surface area contributed by atoms with Gasteiger partial charge in [0.2, 0.25) is 10.0 Å². The van der Waals surface area contributed by atoms with Crippen LogP contribution in [0.4, 0.5) is 5.69 Å². The van der Waals surface area contributed by atoms with E-state index in [0.717, 1.165) is 6.42 Å². The molecule has 0 aliphatic rings. The first kappa shape index (κ1) is 15.0. The maximum Gasteiger partial charge on any atom is 0.236 e. The van der Waals surface area contributed by atoms with Crippen LogP contribution >= 0.6 is 0 Å². The lowest BCUT2D eigenvalue weighted by molar-refractivity contribution is 0.594. The summed E-state index contributed by atoms with van der Waals surface area (Å²) >= 11 is 0. The molecule has 1 unspecified atom stereocenters. The summed E-state index contributed by atoms with van der Waals surface area (Å²) in [5.41, 5.74) is 7.21. The number of sulfonamides is 1. The Labute approximate surface area is 110 Å². The van der Waals surface area contributed by atoms with Crippen LogP contribution in [0.5, 0.6) is 0 Å². The fraction of sp³-hybridized carbons (Fsp3) is 0.538. The van der Waals surface area contributed by atoms with Gasteiger partial charge in [0.05, 0.1) is 11.4 Å². The molecule has 0 spiro atoms. The summed E-state index contributed by atoms with van der Waals surface area (Å²) in [6.45, 7) is 4.43. The monoisotopic (exact) mass is 270 g/mol. The van der Waals surface area contributed by atoms with Gasteiger partial charge in [0.1, 0.15) is 0 Å². The smallest absolute Gasteiger partial charge is 0.236 e. The first-order valence-corrected chi connectivity index (χ1v) is 7.80. The molecule has 5 heteroatoms. The van der Waals surface area contributed by atoms with Crippen LogP contribution in [0.3, 0.4) is 0 Å². The van der Waals surface area contributed by atoms with Crippen LogP contribution in [0.1, 0.15) is 31.7 Å². The summed E-state index contributed by atoms with van der Waals surface area (Å²) in [5.74, 6) is 0.460. The van der Waals surface area contributed by atoms with Crippen LogP contribution in [0.2, 0.25) is 0 Å². The number of rotatable bonds is 6. The molecule has 0 fully saturated rings. The van der Waals surface area contributed by atoms with Gasteiger partial charge in [-0.3, -0.25) is 4.31 Å². The average molecular weight is 270 g/mol. The summed E-state index contributed by atoms with van der Waals surface area (Å²) in [5, 5.41) is 0. The van der Waals surface area contributed by atoms with Crippen LogP contribution in [-0.4, -0.2) is 27.8 Å². The molecule has 102 valence electrons. The fourth-order valence-electron chi connectivity index (χ4n) is 1.69. The van der Waals surface area contributed by atoms with Crippen molar-refractivity contribution in [2.45, 2.75) is 26.2 Å². The lowest BCUT2D eigenvalue weighted by atomic mass is 9.99. The molecule has 0 aromatic heterocycles. The molecular weight excluding hydrogens is 248 g/mol. The second-order valence-electron chi connectivity index (χ2n) is 4.47. The van der Waals surface area contributed by atoms with Crippen molar-refractivity contribution < 1.29 is 8.42 Å². The first-order chi connectivity index (χ1) is 8.42. The van der Waals surface area contributed by atoms with Gasteiger partial charge < -0.3 is 5.73 Å². The SMILES string of the molecule is CCC(C)c1ccc(N(C)S(=O)(=O)CCN)cc1. The van der Waals surface area contributed by atoms with Gasteiger partial charge in [0.15, 0.2) is 0 Å². The van der Waals surface area contributed by atoms with E-state index >= 15 is 0 Å². The molecule has 2 N–H and O–H groups in total. The Balaban J connectivity index is 2.92. The summed E-state index contributed by atoms with van der Waals surface area (Å²) in [6.07, 6.45) is 1.07. The van der Waals surface area contributed by atoms with E-state index in [4.69, 9.17) is 5.73 Å². The predicted octanol–water partition coefficient (Wildman–Crippen LogP) is 1.92. The minimum atomic E-state index is -3.29. The van der Waals surface area contributed by atoms with E-state index in [2.05, 4.69) is 13.8 Å². The molecule has 0 radical (unpaired) electrons. The number of hydrogen-bond acceptors (Lipinski definition) is 3. The Hall–Kier alpha value is -1.07. The number of nitrogens with two attached hydrogens (primary N) is 1. The number of benzene rings is 1. The number of anilines is 1. The van der Waals surface area contributed by atoms with Crippen LogP contribution < -0.4 is 10.0 Å². The lowest BCUT2D eigenvalue weighted by Gasteiger charge is -2.20. The number of hydrogen-bond donors (Lipinski definition) is 1. The van der Waals surface area contributed by atoms with E-state index in [1.54, 1.807) is 7.05 Å². The Morgan fingerprint density at radius 2 is 1.83 bits per heavy atom. The van der Waals surface area contributed by atoms with Crippen molar-refractivity contribution in [3.63, 3.8) is 0 Å². The van der Waals surface area contributed by atoms with Crippen molar-refractivity contribution in [1.82, 2.24) is 0 Å². The maximum atomic E-state index is 11.9. The average Bonchev–Trinajstić information content (AvgIpc) is 2.37. The summed E-state index contributed by atoms with van der Waals surface area (Å²) in [4.78, 5) is 0. The summed E-state index contributed by atoms with van der Waals surface area (Å²) in [6, 6.07) is 7.65. The summed E-state index contributed by atoms with van der Waals surface area (Å²) < 4.78 is 25.0. The van der Waals surface area contributed by atoms with Gasteiger partial charge >= 0.3 is 0 Å². The highest BCUT2D eigenvalue weighted by Crippen LogP contribution is 2.23. The van der Waals surface area contributed by atoms with Crippen molar-refractivity contribution >= 4 is 15.7 Å². The van der Waals surface area contributed by atoms with Crippen LogP contribution in [-0.2, 0) is 10.0 Å². The molecule has 1 atom stereocenters. The van der Waals surface area contributed by atoms with E-state index in [9.17, 15) is 8.42 Å². The molecule has 0 amide bonds. The molecule has 0 aliphatic heterocycles. The molecular formula is C13H22N2O2S. The standard InChI is InChI=1S/C13H22N2O2S/c1-4-11(2)12-5-7-13(8-6-12)15(3)18(16,17)10-9-14/h5-8,11H,4,9-10,14H2,1-3H3. The Morgan fingerprint density at radius 3 is 2.28 bits per heavy atom. The Kier molecular flexibility index (Phi) is 5.16. The Bertz CT molecular complexity index is 468. The highest BCUT2D eigenvalue weighted by molar-refractivity contribution is 7.92. The fourth-order valence-corrected chi connectivity index (χ4v) is 2.71. The molecule has 0 heterocycles. The van der Waals surface area contributed by atoms with Crippen molar-refractivity contribution in [1.29, 1.82) is 0 Å². The zero-order valence-corrected chi connectivity index (χ0v) is 12.1. The molecule has 18 heavy (non-hydrogen) atoms. The van der Waals surface area contributed by atoms with E-state index in [-0.39, 0.29) is 12.3 Å². The van der Waals surface area contributed by atoms with Gasteiger partial charge in [-0.15, -0.1) is 0 Å². The maximum absolute atomic E-state index is 11.9. The van der Waals surface area contributed by atoms with Crippen LogP contribution in [0.15, 0.2) is 24.3 Å². The third-order valence-corrected chi connectivity index (χ3v) is 5.03. The van der Waals surface area contributed by atoms with Crippen molar-refractivity contribution in [3.05, 3.63) is 29.8 Å². The van der Waals surface area contributed by atoms with Crippen LogP contribution in [0.25, 0.3) is 0 Å². The van der Waals surface area contributed by atoms with Crippen LogP contribution in [0, 0.1) is 0 Å². The highest BCUT2D eigenvalue weighted by Gasteiger charge is 2.17. The quantitative estimate of drug-likeness (QED) is 0.859. The molecule has 0 saturated carbocycles. The van der Waals surface area contributed by atoms with Crippen molar-refractivity contribution in [2.24, 2.45) is 5.73 Å². The van der Waals surface area contributed by atoms with Gasteiger partial charge in [-0.1, -0.05) is 26.0 Å². The van der Waals surface area contributed by atoms with Gasteiger partial charge in [-0.25, -0.2) is 8.42 Å². The van der Waals surface area contributed by atoms with Gasteiger partial charge in [-0.05, 0) is 30.0 Å². The van der Waals surface area contributed by atoms with Crippen molar-refractivity contribution in [3.8, 4) is 0 Å².